The van der Waals surface area contributed by atoms with Crippen LogP contribution in [-0.4, -0.2) is 32.6 Å². The highest BCUT2D eigenvalue weighted by molar-refractivity contribution is 5.88. The average Bonchev–Trinajstić information content (AvgIpc) is 2.95. The first-order chi connectivity index (χ1) is 9.93. The van der Waals surface area contributed by atoms with Crippen LogP contribution in [0.1, 0.15) is 60.2 Å². The Morgan fingerprint density at radius 1 is 1.38 bits per heavy atom. The van der Waals surface area contributed by atoms with Gasteiger partial charge in [-0.2, -0.15) is 0 Å². The van der Waals surface area contributed by atoms with Crippen molar-refractivity contribution < 1.29 is 13.9 Å². The lowest BCUT2D eigenvalue weighted by molar-refractivity contribution is 0.0517. The minimum absolute atomic E-state index is 0.0802. The maximum Gasteiger partial charge on any atom is 0.360 e. The molecule has 0 radical (unpaired) electrons. The van der Waals surface area contributed by atoms with E-state index >= 15 is 0 Å². The Balaban J connectivity index is 2.33. The number of carbonyl (C=O) groups is 1. The highest BCUT2D eigenvalue weighted by atomic mass is 16.5. The third-order valence-corrected chi connectivity index (χ3v) is 3.15. The Morgan fingerprint density at radius 2 is 2.10 bits per heavy atom. The van der Waals surface area contributed by atoms with Gasteiger partial charge in [0.25, 0.3) is 0 Å². The third-order valence-electron chi connectivity index (χ3n) is 3.15. The van der Waals surface area contributed by atoms with Crippen LogP contribution in [-0.2, 0) is 11.3 Å². The van der Waals surface area contributed by atoms with Gasteiger partial charge in [-0.05, 0) is 26.7 Å². The molecule has 0 aliphatic heterocycles. The van der Waals surface area contributed by atoms with E-state index in [0.717, 1.165) is 17.1 Å². The summed E-state index contributed by atoms with van der Waals surface area (Å²) < 4.78 is 12.2. The van der Waals surface area contributed by atoms with E-state index in [1.54, 1.807) is 11.6 Å². The van der Waals surface area contributed by atoms with Gasteiger partial charge in [0.05, 0.1) is 18.0 Å². The van der Waals surface area contributed by atoms with E-state index in [-0.39, 0.29) is 11.6 Å². The van der Waals surface area contributed by atoms with Crippen LogP contribution in [0.4, 0.5) is 0 Å². The first-order valence-corrected chi connectivity index (χ1v) is 6.97. The second-order valence-corrected chi connectivity index (χ2v) is 5.11. The number of ether oxygens (including phenoxy) is 1. The molecule has 0 atom stereocenters. The zero-order valence-corrected chi connectivity index (χ0v) is 13.0. The summed E-state index contributed by atoms with van der Waals surface area (Å²) in [5, 5.41) is 7.99. The van der Waals surface area contributed by atoms with Gasteiger partial charge >= 0.3 is 5.97 Å². The highest BCUT2D eigenvalue weighted by Gasteiger charge is 2.24. The Kier molecular flexibility index (Phi) is 4.40. The summed E-state index contributed by atoms with van der Waals surface area (Å²) in [7, 11) is 0. The Labute approximate surface area is 123 Å². The SMILES string of the molecule is CCOC(=O)c1nnn(Cc2nc(C)c(C)o2)c1C(C)C. The summed E-state index contributed by atoms with van der Waals surface area (Å²) in [4.78, 5) is 16.2. The van der Waals surface area contributed by atoms with Crippen LogP contribution >= 0.6 is 0 Å². The zero-order valence-electron chi connectivity index (χ0n) is 13.0. The van der Waals surface area contributed by atoms with Crippen LogP contribution in [0.5, 0.6) is 0 Å². The van der Waals surface area contributed by atoms with Crippen molar-refractivity contribution in [3.05, 3.63) is 28.7 Å². The fourth-order valence-corrected chi connectivity index (χ4v) is 2.09. The quantitative estimate of drug-likeness (QED) is 0.786. The molecule has 0 aromatic carbocycles. The molecule has 0 saturated carbocycles. The first-order valence-electron chi connectivity index (χ1n) is 6.97. The van der Waals surface area contributed by atoms with E-state index in [2.05, 4.69) is 15.3 Å². The highest BCUT2D eigenvalue weighted by Crippen LogP contribution is 2.20. The molecule has 2 aromatic rings. The molecule has 0 N–H and O–H groups in total. The molecule has 7 heteroatoms. The van der Waals surface area contributed by atoms with Gasteiger partial charge in [0.1, 0.15) is 12.3 Å². The van der Waals surface area contributed by atoms with Crippen molar-refractivity contribution in [2.75, 3.05) is 6.61 Å². The normalized spacial score (nSPS) is 11.1. The molecular formula is C14H20N4O3. The van der Waals surface area contributed by atoms with Gasteiger partial charge in [-0.25, -0.2) is 14.5 Å². The average molecular weight is 292 g/mol. The molecule has 0 fully saturated rings. The molecule has 2 heterocycles. The largest absolute Gasteiger partial charge is 0.461 e. The molecule has 0 bridgehead atoms. The van der Waals surface area contributed by atoms with Crippen LogP contribution in [0.3, 0.4) is 0 Å². The van der Waals surface area contributed by atoms with Crippen LogP contribution in [0.2, 0.25) is 0 Å². The van der Waals surface area contributed by atoms with Gasteiger partial charge in [0.15, 0.2) is 5.69 Å². The van der Waals surface area contributed by atoms with Crippen molar-refractivity contribution >= 4 is 5.97 Å². The van der Waals surface area contributed by atoms with Gasteiger partial charge < -0.3 is 9.15 Å². The van der Waals surface area contributed by atoms with Gasteiger partial charge in [-0.3, -0.25) is 0 Å². The summed E-state index contributed by atoms with van der Waals surface area (Å²) in [5.41, 5.74) is 1.83. The maximum absolute atomic E-state index is 11.9. The van der Waals surface area contributed by atoms with Crippen molar-refractivity contribution in [1.82, 2.24) is 20.0 Å². The molecule has 2 aromatic heterocycles. The topological polar surface area (TPSA) is 83.0 Å². The van der Waals surface area contributed by atoms with Crippen molar-refractivity contribution in [2.24, 2.45) is 0 Å². The molecule has 0 amide bonds. The molecule has 114 valence electrons. The lowest BCUT2D eigenvalue weighted by Crippen LogP contribution is -2.13. The maximum atomic E-state index is 11.9. The number of hydrogen-bond donors (Lipinski definition) is 0. The van der Waals surface area contributed by atoms with Crippen molar-refractivity contribution in [2.45, 2.75) is 47.1 Å². The van der Waals surface area contributed by atoms with E-state index < -0.39 is 5.97 Å². The number of carbonyl (C=O) groups excluding carboxylic acids is 1. The third kappa shape index (κ3) is 3.12. The van der Waals surface area contributed by atoms with E-state index in [4.69, 9.17) is 9.15 Å². The van der Waals surface area contributed by atoms with E-state index in [1.165, 1.54) is 0 Å². The van der Waals surface area contributed by atoms with Gasteiger partial charge in [-0.15, -0.1) is 5.10 Å². The molecule has 0 saturated heterocycles. The number of hydrogen-bond acceptors (Lipinski definition) is 6. The van der Waals surface area contributed by atoms with E-state index in [1.807, 2.05) is 27.7 Å². The first kappa shape index (κ1) is 15.2. The second kappa shape index (κ2) is 6.07. The van der Waals surface area contributed by atoms with Crippen LogP contribution in [0.15, 0.2) is 4.42 Å². The standard InChI is InChI=1S/C14H20N4O3/c1-6-20-14(19)12-13(8(2)3)18(17-16-12)7-11-15-9(4)10(5)21-11/h8H,6-7H2,1-5H3. The fraction of sp³-hybridized carbons (Fsp3) is 0.571. The van der Waals surface area contributed by atoms with Gasteiger partial charge in [-0.1, -0.05) is 19.1 Å². The van der Waals surface area contributed by atoms with Crippen LogP contribution in [0, 0.1) is 13.8 Å². The molecule has 0 spiro atoms. The van der Waals surface area contributed by atoms with Crippen LogP contribution < -0.4 is 0 Å². The number of esters is 1. The molecular weight excluding hydrogens is 272 g/mol. The van der Waals surface area contributed by atoms with Gasteiger partial charge in [0.2, 0.25) is 5.89 Å². The number of aromatic nitrogens is 4. The lowest BCUT2D eigenvalue weighted by Gasteiger charge is -2.09. The zero-order chi connectivity index (χ0) is 15.6. The monoisotopic (exact) mass is 292 g/mol. The van der Waals surface area contributed by atoms with E-state index in [0.29, 0.717) is 19.0 Å². The van der Waals surface area contributed by atoms with E-state index in [9.17, 15) is 4.79 Å². The fourth-order valence-electron chi connectivity index (χ4n) is 2.09. The predicted molar refractivity (Wildman–Crippen MR) is 75.1 cm³/mol. The Morgan fingerprint density at radius 3 is 2.62 bits per heavy atom. The second-order valence-electron chi connectivity index (χ2n) is 5.11. The summed E-state index contributed by atoms with van der Waals surface area (Å²) in [6, 6.07) is 0. The van der Waals surface area contributed by atoms with Crippen molar-refractivity contribution in [1.29, 1.82) is 0 Å². The minimum Gasteiger partial charge on any atom is -0.461 e. The smallest absolute Gasteiger partial charge is 0.360 e. The molecule has 2 rings (SSSR count). The molecule has 0 aliphatic rings. The molecule has 21 heavy (non-hydrogen) atoms. The summed E-state index contributed by atoms with van der Waals surface area (Å²) in [5.74, 6) is 0.956. The molecule has 0 unspecified atom stereocenters. The molecule has 7 nitrogen and oxygen atoms in total. The Hall–Kier alpha value is -2.18. The minimum atomic E-state index is -0.452. The molecule has 0 aliphatic carbocycles. The summed E-state index contributed by atoms with van der Waals surface area (Å²) >= 11 is 0. The number of nitrogens with zero attached hydrogens (tertiary/aromatic N) is 4. The number of aryl methyl sites for hydroxylation is 2. The predicted octanol–water partition coefficient (Wildman–Crippen LogP) is 2.23. The van der Waals surface area contributed by atoms with Gasteiger partial charge in [0, 0.05) is 0 Å². The van der Waals surface area contributed by atoms with Crippen molar-refractivity contribution in [3.8, 4) is 0 Å². The Bertz CT molecular complexity index is 623. The lowest BCUT2D eigenvalue weighted by atomic mass is 10.1. The summed E-state index contributed by atoms with van der Waals surface area (Å²) in [6.07, 6.45) is 0. The van der Waals surface area contributed by atoms with Crippen LogP contribution in [0.25, 0.3) is 0 Å². The number of rotatable bonds is 5. The number of oxazole rings is 1. The van der Waals surface area contributed by atoms with Crippen molar-refractivity contribution in [3.63, 3.8) is 0 Å². The summed E-state index contributed by atoms with van der Waals surface area (Å²) in [6.45, 7) is 10.1.